The maximum Gasteiger partial charge on any atom is 0.271 e. The van der Waals surface area contributed by atoms with Gasteiger partial charge >= 0.3 is 0 Å². The van der Waals surface area contributed by atoms with Crippen LogP contribution in [0.2, 0.25) is 0 Å². The number of aromatic nitrogens is 2. The SMILES string of the molecule is COc1ccc(C(=O)NN=Cc2cn(-c3ccccc3)nc2-c2ccccc2)cc1OC. The number of para-hydroxylation sites is 1. The molecule has 4 aromatic rings. The van der Waals surface area contributed by atoms with E-state index in [4.69, 9.17) is 14.6 Å². The number of benzene rings is 3. The van der Waals surface area contributed by atoms with E-state index < -0.39 is 0 Å². The highest BCUT2D eigenvalue weighted by atomic mass is 16.5. The van der Waals surface area contributed by atoms with Gasteiger partial charge in [0.1, 0.15) is 5.69 Å². The highest BCUT2D eigenvalue weighted by molar-refractivity contribution is 5.96. The van der Waals surface area contributed by atoms with Crippen molar-refractivity contribution in [1.29, 1.82) is 0 Å². The second kappa shape index (κ2) is 9.61. The lowest BCUT2D eigenvalue weighted by Gasteiger charge is -2.08. The normalized spacial score (nSPS) is 10.8. The maximum absolute atomic E-state index is 12.5. The fourth-order valence-corrected chi connectivity index (χ4v) is 3.22. The largest absolute Gasteiger partial charge is 0.493 e. The summed E-state index contributed by atoms with van der Waals surface area (Å²) >= 11 is 0. The van der Waals surface area contributed by atoms with Gasteiger partial charge in [-0.15, -0.1) is 0 Å². The molecule has 4 rings (SSSR count). The third-order valence-corrected chi connectivity index (χ3v) is 4.83. The number of carbonyl (C=O) groups is 1. The van der Waals surface area contributed by atoms with Crippen molar-refractivity contribution >= 4 is 12.1 Å². The zero-order chi connectivity index (χ0) is 22.3. The monoisotopic (exact) mass is 426 g/mol. The number of nitrogens with zero attached hydrogens (tertiary/aromatic N) is 3. The molecule has 7 heteroatoms. The van der Waals surface area contributed by atoms with E-state index in [-0.39, 0.29) is 5.91 Å². The summed E-state index contributed by atoms with van der Waals surface area (Å²) < 4.78 is 12.3. The average molecular weight is 426 g/mol. The van der Waals surface area contributed by atoms with Crippen molar-refractivity contribution in [2.75, 3.05) is 14.2 Å². The first-order valence-corrected chi connectivity index (χ1v) is 9.95. The molecule has 0 saturated carbocycles. The van der Waals surface area contributed by atoms with Gasteiger partial charge in [0, 0.05) is 22.9 Å². The van der Waals surface area contributed by atoms with E-state index in [1.807, 2.05) is 66.9 Å². The Morgan fingerprint density at radius 2 is 1.62 bits per heavy atom. The molecular weight excluding hydrogens is 404 g/mol. The zero-order valence-corrected chi connectivity index (χ0v) is 17.7. The average Bonchev–Trinajstić information content (AvgIpc) is 3.28. The summed E-state index contributed by atoms with van der Waals surface area (Å²) in [6.07, 6.45) is 3.47. The molecule has 1 aromatic heterocycles. The summed E-state index contributed by atoms with van der Waals surface area (Å²) in [6.45, 7) is 0. The van der Waals surface area contributed by atoms with E-state index in [9.17, 15) is 4.79 Å². The van der Waals surface area contributed by atoms with Gasteiger partial charge < -0.3 is 9.47 Å². The molecule has 1 N–H and O–H groups in total. The molecule has 3 aromatic carbocycles. The van der Waals surface area contributed by atoms with Crippen molar-refractivity contribution in [1.82, 2.24) is 15.2 Å². The van der Waals surface area contributed by atoms with Crippen molar-refractivity contribution in [2.24, 2.45) is 5.10 Å². The molecule has 0 fully saturated rings. The predicted molar refractivity (Wildman–Crippen MR) is 124 cm³/mol. The molecule has 0 radical (unpaired) electrons. The van der Waals surface area contributed by atoms with Crippen LogP contribution in [-0.4, -0.2) is 36.1 Å². The summed E-state index contributed by atoms with van der Waals surface area (Å²) in [4.78, 5) is 12.5. The third kappa shape index (κ3) is 4.52. The van der Waals surface area contributed by atoms with Crippen LogP contribution in [0.5, 0.6) is 11.5 Å². The van der Waals surface area contributed by atoms with Crippen LogP contribution in [0.25, 0.3) is 16.9 Å². The van der Waals surface area contributed by atoms with Gasteiger partial charge in [-0.3, -0.25) is 4.79 Å². The molecule has 32 heavy (non-hydrogen) atoms. The fourth-order valence-electron chi connectivity index (χ4n) is 3.22. The van der Waals surface area contributed by atoms with Crippen LogP contribution in [0.15, 0.2) is 90.2 Å². The molecule has 0 aliphatic carbocycles. The molecule has 0 unspecified atom stereocenters. The van der Waals surface area contributed by atoms with Gasteiger partial charge in [0.25, 0.3) is 5.91 Å². The van der Waals surface area contributed by atoms with Crippen molar-refractivity contribution in [3.8, 4) is 28.4 Å². The molecular formula is C25H22N4O3. The number of hydrogen-bond donors (Lipinski definition) is 1. The van der Waals surface area contributed by atoms with Gasteiger partial charge in [0.15, 0.2) is 11.5 Å². The topological polar surface area (TPSA) is 77.7 Å². The summed E-state index contributed by atoms with van der Waals surface area (Å²) in [6, 6.07) is 24.6. The minimum Gasteiger partial charge on any atom is -0.493 e. The molecule has 1 heterocycles. The number of ether oxygens (including phenoxy) is 2. The lowest BCUT2D eigenvalue weighted by atomic mass is 10.1. The third-order valence-electron chi connectivity index (χ3n) is 4.83. The second-order valence-corrected chi connectivity index (χ2v) is 6.85. The van der Waals surface area contributed by atoms with Gasteiger partial charge in [-0.05, 0) is 30.3 Å². The Kier molecular flexibility index (Phi) is 6.27. The van der Waals surface area contributed by atoms with Crippen molar-refractivity contribution in [3.63, 3.8) is 0 Å². The Balaban J connectivity index is 1.59. The van der Waals surface area contributed by atoms with Crippen LogP contribution in [0.4, 0.5) is 0 Å². The molecule has 0 atom stereocenters. The summed E-state index contributed by atoms with van der Waals surface area (Å²) in [5.41, 5.74) is 6.38. The lowest BCUT2D eigenvalue weighted by molar-refractivity contribution is 0.0954. The molecule has 160 valence electrons. The number of methoxy groups -OCH3 is 2. The van der Waals surface area contributed by atoms with E-state index in [1.54, 1.807) is 36.2 Å². The van der Waals surface area contributed by atoms with Gasteiger partial charge in [-0.25, -0.2) is 10.1 Å². The van der Waals surface area contributed by atoms with Gasteiger partial charge in [0.2, 0.25) is 0 Å². The van der Waals surface area contributed by atoms with Crippen LogP contribution in [0.1, 0.15) is 15.9 Å². The van der Waals surface area contributed by atoms with Crippen LogP contribution in [-0.2, 0) is 0 Å². The number of hydrogen-bond acceptors (Lipinski definition) is 5. The van der Waals surface area contributed by atoms with Crippen LogP contribution in [0, 0.1) is 0 Å². The highest BCUT2D eigenvalue weighted by Gasteiger charge is 2.12. The molecule has 0 spiro atoms. The fraction of sp³-hybridized carbons (Fsp3) is 0.0800. The first-order valence-electron chi connectivity index (χ1n) is 9.95. The van der Waals surface area contributed by atoms with Gasteiger partial charge in [-0.2, -0.15) is 10.2 Å². The Morgan fingerprint density at radius 3 is 2.31 bits per heavy atom. The molecule has 1 amide bonds. The molecule has 0 aliphatic rings. The minimum atomic E-state index is -0.362. The Bertz CT molecular complexity index is 1230. The van der Waals surface area contributed by atoms with Gasteiger partial charge in [-0.1, -0.05) is 48.5 Å². The standard InChI is InChI=1S/C25H22N4O3/c1-31-22-14-13-19(15-23(22)32-2)25(30)27-26-16-20-17-29(21-11-7-4-8-12-21)28-24(20)18-9-5-3-6-10-18/h3-17H,1-2H3,(H,27,30). The second-order valence-electron chi connectivity index (χ2n) is 6.85. The van der Waals surface area contributed by atoms with Crippen LogP contribution in [0.3, 0.4) is 0 Å². The van der Waals surface area contributed by atoms with E-state index in [2.05, 4.69) is 10.5 Å². The van der Waals surface area contributed by atoms with Crippen molar-refractivity contribution < 1.29 is 14.3 Å². The first kappa shape index (κ1) is 20.9. The number of amides is 1. The minimum absolute atomic E-state index is 0.362. The number of hydrazone groups is 1. The Hall–Kier alpha value is -4.39. The summed E-state index contributed by atoms with van der Waals surface area (Å²) in [5.74, 6) is 0.659. The van der Waals surface area contributed by atoms with Crippen LogP contribution < -0.4 is 14.9 Å². The quantitative estimate of drug-likeness (QED) is 0.353. The summed E-state index contributed by atoms with van der Waals surface area (Å²) in [7, 11) is 3.06. The van der Waals surface area contributed by atoms with E-state index >= 15 is 0 Å². The maximum atomic E-state index is 12.5. The van der Waals surface area contributed by atoms with Gasteiger partial charge in [0.05, 0.1) is 26.1 Å². The summed E-state index contributed by atoms with van der Waals surface area (Å²) in [5, 5.41) is 8.89. The number of rotatable bonds is 7. The number of carbonyl (C=O) groups excluding carboxylic acids is 1. The molecule has 7 nitrogen and oxygen atoms in total. The lowest BCUT2D eigenvalue weighted by Crippen LogP contribution is -2.17. The Labute approximate surface area is 185 Å². The van der Waals surface area contributed by atoms with E-state index in [0.29, 0.717) is 17.1 Å². The van der Waals surface area contributed by atoms with E-state index in [1.165, 1.54) is 7.11 Å². The zero-order valence-electron chi connectivity index (χ0n) is 17.7. The number of nitrogens with one attached hydrogen (secondary N) is 1. The highest BCUT2D eigenvalue weighted by Crippen LogP contribution is 2.27. The molecule has 0 aliphatic heterocycles. The first-order chi connectivity index (χ1) is 15.7. The Morgan fingerprint density at radius 1 is 0.938 bits per heavy atom. The smallest absolute Gasteiger partial charge is 0.271 e. The van der Waals surface area contributed by atoms with Crippen LogP contribution >= 0.6 is 0 Å². The molecule has 0 bridgehead atoms. The van der Waals surface area contributed by atoms with E-state index in [0.717, 1.165) is 22.5 Å². The predicted octanol–water partition coefficient (Wildman–Crippen LogP) is 4.32. The van der Waals surface area contributed by atoms with Crippen molar-refractivity contribution in [2.45, 2.75) is 0 Å². The molecule has 0 saturated heterocycles. The van der Waals surface area contributed by atoms with Crippen molar-refractivity contribution in [3.05, 3.63) is 96.2 Å².